The number of hydrogen-bond acceptors (Lipinski definition) is 5. The number of hydrogen-bond donors (Lipinski definition) is 1. The summed E-state index contributed by atoms with van der Waals surface area (Å²) >= 11 is 1.81. The van der Waals surface area contributed by atoms with E-state index in [1.54, 1.807) is 11.3 Å². The molecular weight excluding hydrogens is 334 g/mol. The monoisotopic (exact) mass is 359 g/mol. The number of para-hydroxylation sites is 1. The Labute approximate surface area is 153 Å². The van der Waals surface area contributed by atoms with E-state index in [1.807, 2.05) is 30.3 Å². The molecule has 0 bridgehead atoms. The van der Waals surface area contributed by atoms with Crippen molar-refractivity contribution >= 4 is 17.2 Å². The maximum absolute atomic E-state index is 12.0. The van der Waals surface area contributed by atoms with Crippen molar-refractivity contribution in [3.05, 3.63) is 52.7 Å². The Morgan fingerprint density at radius 1 is 1.04 bits per heavy atom. The molecule has 0 aliphatic carbocycles. The highest BCUT2D eigenvalue weighted by atomic mass is 32.1. The third-order valence-electron chi connectivity index (χ3n) is 4.23. The first-order chi connectivity index (χ1) is 12.3. The smallest absolute Gasteiger partial charge is 0.234 e. The zero-order valence-electron chi connectivity index (χ0n) is 14.4. The van der Waals surface area contributed by atoms with Gasteiger partial charge in [-0.1, -0.05) is 24.3 Å². The number of ether oxygens (including phenoxy) is 1. The Kier molecular flexibility index (Phi) is 6.85. The van der Waals surface area contributed by atoms with Gasteiger partial charge in [0.15, 0.2) is 0 Å². The average molecular weight is 359 g/mol. The molecule has 0 atom stereocenters. The highest BCUT2D eigenvalue weighted by molar-refractivity contribution is 7.09. The van der Waals surface area contributed by atoms with E-state index in [4.69, 9.17) is 4.74 Å². The number of carbonyl (C=O) groups excluding carboxylic acids is 1. The van der Waals surface area contributed by atoms with Crippen molar-refractivity contribution in [1.29, 1.82) is 0 Å². The Morgan fingerprint density at radius 3 is 2.52 bits per heavy atom. The van der Waals surface area contributed by atoms with Crippen LogP contribution in [0.25, 0.3) is 0 Å². The van der Waals surface area contributed by atoms with Gasteiger partial charge in [0, 0.05) is 37.6 Å². The molecule has 2 heterocycles. The molecule has 1 fully saturated rings. The second kappa shape index (κ2) is 9.56. The lowest BCUT2D eigenvalue weighted by Crippen LogP contribution is -2.49. The summed E-state index contributed by atoms with van der Waals surface area (Å²) in [6.45, 7) is 6.44. The number of benzene rings is 1. The van der Waals surface area contributed by atoms with Crippen LogP contribution in [0, 0.1) is 0 Å². The van der Waals surface area contributed by atoms with Crippen LogP contribution in [-0.4, -0.2) is 61.6 Å². The SMILES string of the molecule is O=C(CN1CCN(Cc2cccs2)CC1)NCCOc1ccccc1. The van der Waals surface area contributed by atoms with Crippen LogP contribution in [-0.2, 0) is 11.3 Å². The van der Waals surface area contributed by atoms with Crippen molar-refractivity contribution in [2.24, 2.45) is 0 Å². The third-order valence-corrected chi connectivity index (χ3v) is 5.09. The van der Waals surface area contributed by atoms with Crippen molar-refractivity contribution in [2.45, 2.75) is 6.54 Å². The standard InChI is InChI=1S/C19H25N3O2S/c23-19(20-8-13-24-17-5-2-1-3-6-17)16-22-11-9-21(10-12-22)15-18-7-4-14-25-18/h1-7,14H,8-13,15-16H2,(H,20,23). The summed E-state index contributed by atoms with van der Waals surface area (Å²) in [6.07, 6.45) is 0. The largest absolute Gasteiger partial charge is 0.492 e. The first kappa shape index (κ1) is 17.9. The maximum atomic E-state index is 12.0. The van der Waals surface area contributed by atoms with E-state index in [2.05, 4.69) is 32.6 Å². The quantitative estimate of drug-likeness (QED) is 0.733. The highest BCUT2D eigenvalue weighted by Crippen LogP contribution is 2.13. The molecule has 1 amide bonds. The third kappa shape index (κ3) is 6.16. The first-order valence-electron chi connectivity index (χ1n) is 8.71. The van der Waals surface area contributed by atoms with E-state index >= 15 is 0 Å². The Balaban J connectivity index is 1.27. The van der Waals surface area contributed by atoms with Crippen LogP contribution in [0.1, 0.15) is 4.88 Å². The molecule has 1 saturated heterocycles. The summed E-state index contributed by atoms with van der Waals surface area (Å²) in [6, 6.07) is 13.9. The molecule has 6 heteroatoms. The van der Waals surface area contributed by atoms with E-state index in [0.717, 1.165) is 38.5 Å². The van der Waals surface area contributed by atoms with Gasteiger partial charge in [0.2, 0.25) is 5.91 Å². The van der Waals surface area contributed by atoms with E-state index in [-0.39, 0.29) is 5.91 Å². The maximum Gasteiger partial charge on any atom is 0.234 e. The highest BCUT2D eigenvalue weighted by Gasteiger charge is 2.19. The van der Waals surface area contributed by atoms with Gasteiger partial charge >= 0.3 is 0 Å². The lowest BCUT2D eigenvalue weighted by Gasteiger charge is -2.34. The Hall–Kier alpha value is -1.89. The van der Waals surface area contributed by atoms with Crippen LogP contribution in [0.4, 0.5) is 0 Å². The summed E-state index contributed by atoms with van der Waals surface area (Å²) in [5.41, 5.74) is 0. The molecule has 1 aliphatic rings. The van der Waals surface area contributed by atoms with Gasteiger partial charge in [0.1, 0.15) is 12.4 Å². The fraction of sp³-hybridized carbons (Fsp3) is 0.421. The first-order valence-corrected chi connectivity index (χ1v) is 9.59. The molecule has 1 aromatic carbocycles. The molecule has 0 unspecified atom stereocenters. The molecule has 2 aromatic rings. The van der Waals surface area contributed by atoms with Crippen LogP contribution in [0.15, 0.2) is 47.8 Å². The van der Waals surface area contributed by atoms with E-state index in [0.29, 0.717) is 19.7 Å². The van der Waals surface area contributed by atoms with Crippen molar-refractivity contribution in [1.82, 2.24) is 15.1 Å². The summed E-state index contributed by atoms with van der Waals surface area (Å²) in [5, 5.41) is 5.05. The topological polar surface area (TPSA) is 44.8 Å². The van der Waals surface area contributed by atoms with E-state index < -0.39 is 0 Å². The number of piperazine rings is 1. The van der Waals surface area contributed by atoms with Gasteiger partial charge < -0.3 is 10.1 Å². The zero-order chi connectivity index (χ0) is 17.3. The fourth-order valence-corrected chi connectivity index (χ4v) is 3.61. The summed E-state index contributed by atoms with van der Waals surface area (Å²) in [7, 11) is 0. The molecule has 1 N–H and O–H groups in total. The summed E-state index contributed by atoms with van der Waals surface area (Å²) < 4.78 is 5.58. The van der Waals surface area contributed by atoms with Crippen molar-refractivity contribution in [2.75, 3.05) is 45.9 Å². The molecule has 1 aromatic heterocycles. The molecular formula is C19H25N3O2S. The number of nitrogens with one attached hydrogen (secondary N) is 1. The van der Waals surface area contributed by atoms with Gasteiger partial charge in [-0.05, 0) is 23.6 Å². The number of carbonyl (C=O) groups is 1. The van der Waals surface area contributed by atoms with Crippen molar-refractivity contribution in [3.63, 3.8) is 0 Å². The van der Waals surface area contributed by atoms with Crippen molar-refractivity contribution < 1.29 is 9.53 Å². The van der Waals surface area contributed by atoms with Gasteiger partial charge in [0.05, 0.1) is 13.1 Å². The van der Waals surface area contributed by atoms with E-state index in [1.165, 1.54) is 4.88 Å². The Morgan fingerprint density at radius 2 is 1.80 bits per heavy atom. The molecule has 0 saturated carbocycles. The number of thiophene rings is 1. The summed E-state index contributed by atoms with van der Waals surface area (Å²) in [5.74, 6) is 0.905. The minimum atomic E-state index is 0.0726. The molecule has 0 spiro atoms. The Bertz CT molecular complexity index is 625. The fourth-order valence-electron chi connectivity index (χ4n) is 2.86. The minimum absolute atomic E-state index is 0.0726. The van der Waals surface area contributed by atoms with Crippen LogP contribution in [0.5, 0.6) is 5.75 Å². The molecule has 0 radical (unpaired) electrons. The lowest BCUT2D eigenvalue weighted by atomic mass is 10.3. The van der Waals surface area contributed by atoms with Gasteiger partial charge in [-0.3, -0.25) is 14.6 Å². The number of rotatable bonds is 8. The van der Waals surface area contributed by atoms with Gasteiger partial charge in [0.25, 0.3) is 0 Å². The predicted octanol–water partition coefficient (Wildman–Crippen LogP) is 2.06. The number of nitrogens with zero attached hydrogens (tertiary/aromatic N) is 2. The zero-order valence-corrected chi connectivity index (χ0v) is 15.2. The molecule has 3 rings (SSSR count). The van der Waals surface area contributed by atoms with Gasteiger partial charge in [-0.25, -0.2) is 0 Å². The van der Waals surface area contributed by atoms with Crippen LogP contribution in [0.3, 0.4) is 0 Å². The second-order valence-corrected chi connectivity index (χ2v) is 7.18. The van der Waals surface area contributed by atoms with E-state index in [9.17, 15) is 4.79 Å². The van der Waals surface area contributed by atoms with Crippen molar-refractivity contribution in [3.8, 4) is 5.75 Å². The predicted molar refractivity (Wildman–Crippen MR) is 101 cm³/mol. The molecule has 134 valence electrons. The van der Waals surface area contributed by atoms with Crippen LogP contribution < -0.4 is 10.1 Å². The average Bonchev–Trinajstić information content (AvgIpc) is 3.14. The summed E-state index contributed by atoms with van der Waals surface area (Å²) in [4.78, 5) is 18.1. The number of amides is 1. The molecule has 25 heavy (non-hydrogen) atoms. The lowest BCUT2D eigenvalue weighted by molar-refractivity contribution is -0.122. The molecule has 5 nitrogen and oxygen atoms in total. The van der Waals surface area contributed by atoms with Crippen LogP contribution in [0.2, 0.25) is 0 Å². The van der Waals surface area contributed by atoms with Gasteiger partial charge in [-0.2, -0.15) is 0 Å². The van der Waals surface area contributed by atoms with Crippen LogP contribution >= 0.6 is 11.3 Å². The second-order valence-electron chi connectivity index (χ2n) is 6.14. The molecule has 1 aliphatic heterocycles. The minimum Gasteiger partial charge on any atom is -0.492 e. The normalized spacial score (nSPS) is 15.8. The van der Waals surface area contributed by atoms with Gasteiger partial charge in [-0.15, -0.1) is 11.3 Å².